The van der Waals surface area contributed by atoms with Crippen molar-refractivity contribution in [1.29, 1.82) is 0 Å². The summed E-state index contributed by atoms with van der Waals surface area (Å²) in [6.07, 6.45) is 4.53. The quantitative estimate of drug-likeness (QED) is 0.469. The molecule has 6 nitrogen and oxygen atoms in total. The van der Waals surface area contributed by atoms with Crippen molar-refractivity contribution in [2.45, 2.75) is 85.4 Å². The molecule has 0 radical (unpaired) electrons. The number of hydrogen-bond acceptors (Lipinski definition) is 4. The lowest BCUT2D eigenvalue weighted by Gasteiger charge is -2.36. The maximum absolute atomic E-state index is 13.1. The molecule has 0 aromatic heterocycles. The number of aryl methyl sites for hydroxylation is 3. The highest BCUT2D eigenvalue weighted by Gasteiger charge is 2.30. The molecule has 0 atom stereocenters. The number of ether oxygens (including phenoxy) is 1. The summed E-state index contributed by atoms with van der Waals surface area (Å²) < 4.78 is 5.76. The van der Waals surface area contributed by atoms with Gasteiger partial charge in [-0.2, -0.15) is 0 Å². The predicted octanol–water partition coefficient (Wildman–Crippen LogP) is 5.87. The third-order valence-electron chi connectivity index (χ3n) is 7.01. The van der Waals surface area contributed by atoms with E-state index in [0.717, 1.165) is 41.1 Å². The first kappa shape index (κ1) is 26.7. The van der Waals surface area contributed by atoms with Gasteiger partial charge in [-0.1, -0.05) is 36.8 Å². The molecule has 2 aromatic rings. The molecule has 0 unspecified atom stereocenters. The zero-order chi connectivity index (χ0) is 25.8. The number of carbonyl (C=O) groups is 2. The molecule has 0 saturated heterocycles. The van der Waals surface area contributed by atoms with Crippen LogP contribution in [0, 0.1) is 26.7 Å². The molecule has 3 rings (SSSR count). The normalized spacial score (nSPS) is 18.4. The van der Waals surface area contributed by atoms with Gasteiger partial charge in [0.2, 0.25) is 5.91 Å². The van der Waals surface area contributed by atoms with Gasteiger partial charge in [-0.05, 0) is 95.0 Å². The van der Waals surface area contributed by atoms with Crippen LogP contribution < -0.4 is 10.1 Å². The van der Waals surface area contributed by atoms with Crippen LogP contribution in [-0.2, 0) is 16.1 Å². The van der Waals surface area contributed by atoms with E-state index in [0.29, 0.717) is 24.9 Å². The van der Waals surface area contributed by atoms with Crippen LogP contribution in [0.15, 0.2) is 36.4 Å². The van der Waals surface area contributed by atoms with Crippen LogP contribution in [0.2, 0.25) is 0 Å². The maximum atomic E-state index is 13.1. The van der Waals surface area contributed by atoms with Crippen molar-refractivity contribution in [1.82, 2.24) is 4.90 Å². The van der Waals surface area contributed by atoms with Gasteiger partial charge < -0.3 is 15.2 Å². The van der Waals surface area contributed by atoms with Gasteiger partial charge in [-0.25, -0.2) is 4.79 Å². The molecule has 1 aliphatic rings. The van der Waals surface area contributed by atoms with Crippen LogP contribution >= 0.6 is 0 Å². The second-order valence-electron chi connectivity index (χ2n) is 10.7. The molecule has 1 amide bonds. The van der Waals surface area contributed by atoms with Gasteiger partial charge in [0.15, 0.2) is 5.60 Å². The van der Waals surface area contributed by atoms with E-state index < -0.39 is 11.6 Å². The number of nitrogens with one attached hydrogen (secondary N) is 1. The van der Waals surface area contributed by atoms with E-state index >= 15 is 0 Å². The minimum atomic E-state index is -1.30. The Bertz CT molecular complexity index is 1050. The zero-order valence-corrected chi connectivity index (χ0v) is 22.0. The molecule has 6 heteroatoms. The first-order valence-electron chi connectivity index (χ1n) is 12.6. The molecule has 2 N–H and O–H groups in total. The molecule has 35 heavy (non-hydrogen) atoms. The average Bonchev–Trinajstić information content (AvgIpc) is 2.77. The molecule has 1 saturated carbocycles. The first-order chi connectivity index (χ1) is 16.4. The first-order valence-corrected chi connectivity index (χ1v) is 12.6. The summed E-state index contributed by atoms with van der Waals surface area (Å²) in [6.45, 7) is 12.4. The Labute approximate surface area is 209 Å². The Hall–Kier alpha value is -2.86. The minimum absolute atomic E-state index is 0.00421. The predicted molar refractivity (Wildman–Crippen MR) is 140 cm³/mol. The van der Waals surface area contributed by atoms with Crippen molar-refractivity contribution in [3.63, 3.8) is 0 Å². The monoisotopic (exact) mass is 480 g/mol. The molecule has 0 aliphatic heterocycles. The Kier molecular flexibility index (Phi) is 8.60. The number of benzene rings is 2. The summed E-state index contributed by atoms with van der Waals surface area (Å²) in [7, 11) is 0. The summed E-state index contributed by atoms with van der Waals surface area (Å²) in [5.41, 5.74) is 3.76. The van der Waals surface area contributed by atoms with Crippen molar-refractivity contribution in [3.05, 3.63) is 58.7 Å². The highest BCUT2D eigenvalue weighted by molar-refractivity contribution is 5.93. The second-order valence-corrected chi connectivity index (χ2v) is 10.7. The number of aliphatic carboxylic acids is 1. The number of nitrogens with zero attached hydrogens (tertiary/aromatic N) is 1. The van der Waals surface area contributed by atoms with Crippen molar-refractivity contribution in [3.8, 4) is 5.75 Å². The molecule has 0 heterocycles. The van der Waals surface area contributed by atoms with Crippen LogP contribution in [0.4, 0.5) is 5.69 Å². The van der Waals surface area contributed by atoms with Crippen molar-refractivity contribution in [2.75, 3.05) is 11.9 Å². The Morgan fingerprint density at radius 2 is 1.71 bits per heavy atom. The fraction of sp³-hybridized carbons (Fsp3) is 0.517. The molecule has 1 fully saturated rings. The summed E-state index contributed by atoms with van der Waals surface area (Å²) in [5, 5.41) is 12.5. The van der Waals surface area contributed by atoms with Gasteiger partial charge in [0.1, 0.15) is 5.75 Å². The number of carbonyl (C=O) groups excluding carboxylic acids is 1. The minimum Gasteiger partial charge on any atom is -0.478 e. The second kappa shape index (κ2) is 11.3. The standard InChI is InChI=1S/C29H40N2O4/c1-19-7-11-24(12-8-19)31(18-27(32)30-25-13-9-20(2)15-21(25)3)17-23-10-14-26(22(4)16-23)35-29(5,6)28(33)34/h9-10,13-16,19,24H,7-8,11-12,17-18H2,1-6H3,(H,30,32)(H,33,34). The van der Waals surface area contributed by atoms with Crippen molar-refractivity contribution in [2.24, 2.45) is 5.92 Å². The molecule has 190 valence electrons. The van der Waals surface area contributed by atoms with Gasteiger partial charge in [0, 0.05) is 18.3 Å². The number of amides is 1. The van der Waals surface area contributed by atoms with Gasteiger partial charge in [-0.3, -0.25) is 9.69 Å². The summed E-state index contributed by atoms with van der Waals surface area (Å²) in [4.78, 5) is 26.8. The third-order valence-corrected chi connectivity index (χ3v) is 7.01. The van der Waals surface area contributed by atoms with Gasteiger partial charge in [-0.15, -0.1) is 0 Å². The van der Waals surface area contributed by atoms with Crippen LogP contribution in [-0.4, -0.2) is 40.1 Å². The summed E-state index contributed by atoms with van der Waals surface area (Å²) in [5.74, 6) is 0.282. The number of anilines is 1. The van der Waals surface area contributed by atoms with Gasteiger partial charge in [0.05, 0.1) is 6.54 Å². The SMILES string of the molecule is Cc1ccc(NC(=O)CN(Cc2ccc(OC(C)(C)C(=O)O)c(C)c2)C2CCC(C)CC2)c(C)c1. The number of carboxylic acids is 1. The third kappa shape index (κ3) is 7.31. The lowest BCUT2D eigenvalue weighted by molar-refractivity contribution is -0.152. The van der Waals surface area contributed by atoms with E-state index in [2.05, 4.69) is 23.2 Å². The maximum Gasteiger partial charge on any atom is 0.347 e. The highest BCUT2D eigenvalue weighted by atomic mass is 16.5. The van der Waals surface area contributed by atoms with Crippen LogP contribution in [0.25, 0.3) is 0 Å². The Morgan fingerprint density at radius 1 is 1.03 bits per heavy atom. The Balaban J connectivity index is 1.75. The van der Waals surface area contributed by atoms with E-state index in [4.69, 9.17) is 4.74 Å². The lowest BCUT2D eigenvalue weighted by Crippen LogP contribution is -2.42. The zero-order valence-electron chi connectivity index (χ0n) is 22.0. The van der Waals surface area contributed by atoms with E-state index in [1.807, 2.05) is 51.1 Å². The number of carboxylic acid groups (broad SMARTS) is 1. The largest absolute Gasteiger partial charge is 0.478 e. The van der Waals surface area contributed by atoms with E-state index in [1.54, 1.807) is 13.8 Å². The Morgan fingerprint density at radius 3 is 2.31 bits per heavy atom. The van der Waals surface area contributed by atoms with Crippen molar-refractivity contribution >= 4 is 17.6 Å². The molecule has 2 aromatic carbocycles. The fourth-order valence-corrected chi connectivity index (χ4v) is 4.73. The summed E-state index contributed by atoms with van der Waals surface area (Å²) in [6, 6.07) is 12.3. The topological polar surface area (TPSA) is 78.9 Å². The van der Waals surface area contributed by atoms with E-state index in [-0.39, 0.29) is 5.91 Å². The van der Waals surface area contributed by atoms with E-state index in [9.17, 15) is 14.7 Å². The molecule has 0 spiro atoms. The van der Waals surface area contributed by atoms with Gasteiger partial charge >= 0.3 is 5.97 Å². The lowest BCUT2D eigenvalue weighted by atomic mass is 9.86. The van der Waals surface area contributed by atoms with Crippen LogP contribution in [0.1, 0.15) is 68.7 Å². The molecule has 0 bridgehead atoms. The molecular weight excluding hydrogens is 440 g/mol. The van der Waals surface area contributed by atoms with Crippen LogP contribution in [0.5, 0.6) is 5.75 Å². The fourth-order valence-electron chi connectivity index (χ4n) is 4.73. The molecule has 1 aliphatic carbocycles. The van der Waals surface area contributed by atoms with Crippen molar-refractivity contribution < 1.29 is 19.4 Å². The average molecular weight is 481 g/mol. The summed E-state index contributed by atoms with van der Waals surface area (Å²) >= 11 is 0. The highest BCUT2D eigenvalue weighted by Crippen LogP contribution is 2.30. The molecular formula is C29H40N2O4. The van der Waals surface area contributed by atoms with Gasteiger partial charge in [0.25, 0.3) is 0 Å². The number of hydrogen-bond donors (Lipinski definition) is 2. The number of rotatable bonds is 9. The smallest absolute Gasteiger partial charge is 0.347 e. The van der Waals surface area contributed by atoms with Crippen LogP contribution in [0.3, 0.4) is 0 Å². The van der Waals surface area contributed by atoms with E-state index in [1.165, 1.54) is 18.4 Å².